The molecular weight excluding hydrogens is 380 g/mol. The molecule has 0 bridgehead atoms. The predicted octanol–water partition coefficient (Wildman–Crippen LogP) is 5.65. The standard InChI is InChI=1S/C23H24N4OS/c1-14-12-15(2)27(26-14)22-25-19-13-18(10-11-20(19)29-22)24-21(28)16-6-8-17(9-7-16)23(3,4)5/h6-13H,1-5H3,(H,24,28). The van der Waals surface area contributed by atoms with Gasteiger partial charge in [0.15, 0.2) is 0 Å². The summed E-state index contributed by atoms with van der Waals surface area (Å²) < 4.78 is 2.91. The Morgan fingerprint density at radius 3 is 2.38 bits per heavy atom. The molecule has 0 unspecified atom stereocenters. The molecule has 0 saturated carbocycles. The Bertz CT molecular complexity index is 1200. The van der Waals surface area contributed by atoms with Crippen LogP contribution >= 0.6 is 11.3 Å². The highest BCUT2D eigenvalue weighted by molar-refractivity contribution is 7.20. The van der Waals surface area contributed by atoms with E-state index in [1.54, 1.807) is 11.3 Å². The first-order chi connectivity index (χ1) is 13.7. The van der Waals surface area contributed by atoms with Crippen LogP contribution in [0.4, 0.5) is 5.69 Å². The van der Waals surface area contributed by atoms with Crippen LogP contribution in [0.3, 0.4) is 0 Å². The molecule has 6 heteroatoms. The van der Waals surface area contributed by atoms with Crippen molar-refractivity contribution in [1.82, 2.24) is 14.8 Å². The molecule has 0 aliphatic carbocycles. The SMILES string of the molecule is Cc1cc(C)n(-c2nc3cc(NC(=O)c4ccc(C(C)(C)C)cc4)ccc3s2)n1. The maximum absolute atomic E-state index is 12.6. The molecule has 5 nitrogen and oxygen atoms in total. The lowest BCUT2D eigenvalue weighted by Gasteiger charge is -2.19. The van der Waals surface area contributed by atoms with Gasteiger partial charge >= 0.3 is 0 Å². The summed E-state index contributed by atoms with van der Waals surface area (Å²) in [6.45, 7) is 10.5. The maximum atomic E-state index is 12.6. The van der Waals surface area contributed by atoms with Gasteiger partial charge in [0.05, 0.1) is 15.9 Å². The number of nitrogens with one attached hydrogen (secondary N) is 1. The molecule has 0 aliphatic heterocycles. The van der Waals surface area contributed by atoms with Crippen LogP contribution in [0.25, 0.3) is 15.3 Å². The second-order valence-electron chi connectivity index (χ2n) is 8.30. The van der Waals surface area contributed by atoms with Gasteiger partial charge in [-0.2, -0.15) is 5.10 Å². The number of anilines is 1. The van der Waals surface area contributed by atoms with E-state index in [1.807, 2.05) is 67.1 Å². The van der Waals surface area contributed by atoms with E-state index in [2.05, 4.69) is 31.2 Å². The Morgan fingerprint density at radius 2 is 1.76 bits per heavy atom. The third-order valence-corrected chi connectivity index (χ3v) is 5.85. The van der Waals surface area contributed by atoms with Gasteiger partial charge in [0.1, 0.15) is 0 Å². The minimum Gasteiger partial charge on any atom is -0.322 e. The third-order valence-electron chi connectivity index (χ3n) is 4.84. The first-order valence-electron chi connectivity index (χ1n) is 9.57. The fourth-order valence-electron chi connectivity index (χ4n) is 3.23. The molecule has 1 N–H and O–H groups in total. The summed E-state index contributed by atoms with van der Waals surface area (Å²) in [7, 11) is 0. The van der Waals surface area contributed by atoms with Gasteiger partial charge in [-0.1, -0.05) is 44.2 Å². The lowest BCUT2D eigenvalue weighted by atomic mass is 9.87. The van der Waals surface area contributed by atoms with E-state index in [1.165, 1.54) is 5.56 Å². The number of aryl methyl sites for hydroxylation is 2. The number of benzene rings is 2. The summed E-state index contributed by atoms with van der Waals surface area (Å²) in [5.74, 6) is -0.126. The third kappa shape index (κ3) is 3.93. The lowest BCUT2D eigenvalue weighted by Crippen LogP contribution is -2.14. The fraction of sp³-hybridized carbons (Fsp3) is 0.261. The molecule has 0 aliphatic rings. The van der Waals surface area contributed by atoms with Crippen LogP contribution in [0.5, 0.6) is 0 Å². The summed E-state index contributed by atoms with van der Waals surface area (Å²) in [4.78, 5) is 17.3. The number of amides is 1. The van der Waals surface area contributed by atoms with E-state index in [-0.39, 0.29) is 11.3 Å². The molecule has 29 heavy (non-hydrogen) atoms. The van der Waals surface area contributed by atoms with Gasteiger partial charge in [-0.3, -0.25) is 4.79 Å². The quantitative estimate of drug-likeness (QED) is 0.480. The molecule has 0 radical (unpaired) electrons. The molecule has 148 valence electrons. The zero-order valence-electron chi connectivity index (χ0n) is 17.3. The molecular formula is C23H24N4OS. The zero-order valence-corrected chi connectivity index (χ0v) is 18.1. The zero-order chi connectivity index (χ0) is 20.8. The van der Waals surface area contributed by atoms with Crippen molar-refractivity contribution in [2.24, 2.45) is 0 Å². The number of rotatable bonds is 3. The van der Waals surface area contributed by atoms with Gasteiger partial charge in [0.25, 0.3) is 5.91 Å². The number of carbonyl (C=O) groups excluding carboxylic acids is 1. The molecule has 1 amide bonds. The molecule has 0 spiro atoms. The van der Waals surface area contributed by atoms with Gasteiger partial charge in [-0.05, 0) is 61.2 Å². The van der Waals surface area contributed by atoms with Crippen molar-refractivity contribution in [3.63, 3.8) is 0 Å². The molecule has 2 aromatic heterocycles. The van der Waals surface area contributed by atoms with Crippen LogP contribution in [0.1, 0.15) is 48.1 Å². The Hall–Kier alpha value is -2.99. The summed E-state index contributed by atoms with van der Waals surface area (Å²) in [6, 6.07) is 15.6. The number of thiazole rings is 1. The van der Waals surface area contributed by atoms with Crippen LogP contribution in [0, 0.1) is 13.8 Å². The van der Waals surface area contributed by atoms with Crippen LogP contribution < -0.4 is 5.32 Å². The largest absolute Gasteiger partial charge is 0.322 e. The number of fused-ring (bicyclic) bond motifs is 1. The summed E-state index contributed by atoms with van der Waals surface area (Å²) in [5, 5.41) is 8.31. The van der Waals surface area contributed by atoms with E-state index in [4.69, 9.17) is 4.98 Å². The minimum atomic E-state index is -0.126. The monoisotopic (exact) mass is 404 g/mol. The molecule has 0 atom stereocenters. The molecule has 0 saturated heterocycles. The molecule has 4 aromatic rings. The van der Waals surface area contributed by atoms with Crippen LogP contribution in [0.2, 0.25) is 0 Å². The highest BCUT2D eigenvalue weighted by atomic mass is 32.1. The fourth-order valence-corrected chi connectivity index (χ4v) is 4.19. The van der Waals surface area contributed by atoms with E-state index < -0.39 is 0 Å². The van der Waals surface area contributed by atoms with Crippen molar-refractivity contribution in [1.29, 1.82) is 0 Å². The highest BCUT2D eigenvalue weighted by Crippen LogP contribution is 2.28. The van der Waals surface area contributed by atoms with Crippen molar-refractivity contribution in [3.8, 4) is 5.13 Å². The average Bonchev–Trinajstić information content (AvgIpc) is 3.22. The van der Waals surface area contributed by atoms with Gasteiger partial charge < -0.3 is 5.32 Å². The lowest BCUT2D eigenvalue weighted by molar-refractivity contribution is 0.102. The van der Waals surface area contributed by atoms with E-state index in [0.29, 0.717) is 5.56 Å². The Kier molecular flexibility index (Phi) is 4.74. The Balaban J connectivity index is 1.57. The minimum absolute atomic E-state index is 0.0633. The Labute approximate surface area is 174 Å². The van der Waals surface area contributed by atoms with Crippen LogP contribution in [0.15, 0.2) is 48.5 Å². The van der Waals surface area contributed by atoms with Crippen molar-refractivity contribution in [3.05, 3.63) is 71.0 Å². The average molecular weight is 405 g/mol. The van der Waals surface area contributed by atoms with Crippen LogP contribution in [-0.2, 0) is 5.41 Å². The number of carbonyl (C=O) groups is 1. The number of nitrogens with zero attached hydrogens (tertiary/aromatic N) is 3. The second-order valence-corrected chi connectivity index (χ2v) is 9.31. The topological polar surface area (TPSA) is 59.8 Å². The smallest absolute Gasteiger partial charge is 0.255 e. The highest BCUT2D eigenvalue weighted by Gasteiger charge is 2.15. The van der Waals surface area contributed by atoms with Crippen molar-refractivity contribution < 1.29 is 4.79 Å². The van der Waals surface area contributed by atoms with Gasteiger partial charge in [-0.15, -0.1) is 0 Å². The summed E-state index contributed by atoms with van der Waals surface area (Å²) in [5.41, 5.74) is 5.50. The van der Waals surface area contributed by atoms with Gasteiger partial charge in [0.2, 0.25) is 5.13 Å². The first kappa shape index (κ1) is 19.3. The first-order valence-corrected chi connectivity index (χ1v) is 10.4. The maximum Gasteiger partial charge on any atom is 0.255 e. The molecule has 2 aromatic carbocycles. The van der Waals surface area contributed by atoms with E-state index in [9.17, 15) is 4.79 Å². The van der Waals surface area contributed by atoms with Crippen molar-refractivity contribution in [2.75, 3.05) is 5.32 Å². The van der Waals surface area contributed by atoms with E-state index >= 15 is 0 Å². The molecule has 4 rings (SSSR count). The summed E-state index contributed by atoms with van der Waals surface area (Å²) in [6.07, 6.45) is 0. The normalized spacial score (nSPS) is 11.8. The number of aromatic nitrogens is 3. The van der Waals surface area contributed by atoms with Gasteiger partial charge in [-0.25, -0.2) is 9.67 Å². The van der Waals surface area contributed by atoms with Crippen molar-refractivity contribution >= 4 is 33.1 Å². The van der Waals surface area contributed by atoms with Crippen LogP contribution in [-0.4, -0.2) is 20.7 Å². The second kappa shape index (κ2) is 7.12. The Morgan fingerprint density at radius 1 is 1.03 bits per heavy atom. The summed E-state index contributed by atoms with van der Waals surface area (Å²) >= 11 is 1.58. The van der Waals surface area contributed by atoms with Crippen molar-refractivity contribution in [2.45, 2.75) is 40.0 Å². The van der Waals surface area contributed by atoms with E-state index in [0.717, 1.165) is 32.4 Å². The number of hydrogen-bond donors (Lipinski definition) is 1. The molecule has 2 heterocycles. The molecule has 0 fully saturated rings. The van der Waals surface area contributed by atoms with Gasteiger partial charge in [0, 0.05) is 16.9 Å². The number of hydrogen-bond acceptors (Lipinski definition) is 4. The predicted molar refractivity (Wildman–Crippen MR) is 119 cm³/mol.